The van der Waals surface area contributed by atoms with Crippen molar-refractivity contribution in [3.8, 4) is 18.1 Å². The Morgan fingerprint density at radius 2 is 1.71 bits per heavy atom. The minimum atomic E-state index is -0.880. The summed E-state index contributed by atoms with van der Waals surface area (Å²) in [6, 6.07) is 4.77. The second-order valence-electron chi connectivity index (χ2n) is 12.6. The SMILES string of the molecule is N#Cc1c(N2CCC(O)C(O)CC2)nc(OC[C@@]23CCCN2C[C@H](F)C3)nc1N1CC2(CCc3sc(N)c(C#N)c32)C1. The lowest BCUT2D eigenvalue weighted by Gasteiger charge is -2.49. The molecule has 0 amide bonds. The molecule has 13 heteroatoms. The van der Waals surface area contributed by atoms with E-state index in [4.69, 9.17) is 20.4 Å². The Morgan fingerprint density at radius 1 is 1.02 bits per heavy atom. The maximum atomic E-state index is 14.4. The fourth-order valence-corrected chi connectivity index (χ4v) is 9.09. The number of fused-ring (bicyclic) bond motifs is 3. The molecule has 0 aromatic carbocycles. The Morgan fingerprint density at radius 3 is 2.40 bits per heavy atom. The number of rotatable bonds is 5. The van der Waals surface area contributed by atoms with Crippen LogP contribution in [0.2, 0.25) is 0 Å². The number of halogens is 1. The van der Waals surface area contributed by atoms with Crippen LogP contribution in [0, 0.1) is 22.7 Å². The summed E-state index contributed by atoms with van der Waals surface area (Å²) in [5.74, 6) is 0.888. The lowest BCUT2D eigenvalue weighted by Crippen LogP contribution is -2.59. The number of anilines is 3. The molecule has 6 heterocycles. The van der Waals surface area contributed by atoms with E-state index in [9.17, 15) is 25.1 Å². The minimum absolute atomic E-state index is 0.137. The molecule has 0 bridgehead atoms. The van der Waals surface area contributed by atoms with Crippen LogP contribution >= 0.6 is 11.3 Å². The van der Waals surface area contributed by atoms with Crippen LogP contribution in [0.3, 0.4) is 0 Å². The highest BCUT2D eigenvalue weighted by molar-refractivity contribution is 7.16. The molecule has 4 aliphatic heterocycles. The van der Waals surface area contributed by atoms with Gasteiger partial charge in [-0.15, -0.1) is 11.3 Å². The van der Waals surface area contributed by atoms with Gasteiger partial charge in [0, 0.05) is 49.4 Å². The van der Waals surface area contributed by atoms with Gasteiger partial charge in [0.25, 0.3) is 0 Å². The molecule has 4 N–H and O–H groups in total. The van der Waals surface area contributed by atoms with Crippen molar-refractivity contribution in [1.29, 1.82) is 10.5 Å². The zero-order valence-electron chi connectivity index (χ0n) is 23.4. The molecule has 0 radical (unpaired) electrons. The van der Waals surface area contributed by atoms with Gasteiger partial charge in [-0.3, -0.25) is 4.90 Å². The number of ether oxygens (including phenoxy) is 1. The minimum Gasteiger partial charge on any atom is -0.461 e. The molecule has 11 nitrogen and oxygen atoms in total. The smallest absolute Gasteiger partial charge is 0.320 e. The summed E-state index contributed by atoms with van der Waals surface area (Å²) >= 11 is 1.50. The maximum absolute atomic E-state index is 14.4. The number of nitrogens with zero attached hydrogens (tertiary/aromatic N) is 7. The number of thiophene rings is 1. The predicted octanol–water partition coefficient (Wildman–Crippen LogP) is 1.85. The fourth-order valence-electron chi connectivity index (χ4n) is 7.95. The van der Waals surface area contributed by atoms with E-state index in [1.807, 2.05) is 4.90 Å². The highest BCUT2D eigenvalue weighted by atomic mass is 32.1. The molecule has 2 aromatic heterocycles. The maximum Gasteiger partial charge on any atom is 0.320 e. The molecule has 2 unspecified atom stereocenters. The van der Waals surface area contributed by atoms with Crippen LogP contribution in [0.5, 0.6) is 6.01 Å². The molecule has 7 rings (SSSR count). The molecule has 5 aliphatic rings. The summed E-state index contributed by atoms with van der Waals surface area (Å²) in [6.07, 6.45) is 2.16. The Labute approximate surface area is 247 Å². The van der Waals surface area contributed by atoms with Gasteiger partial charge in [-0.25, -0.2) is 4.39 Å². The number of hydrogen-bond donors (Lipinski definition) is 3. The fraction of sp³-hybridized carbons (Fsp3) is 0.655. The van der Waals surface area contributed by atoms with Crippen LogP contribution in [-0.4, -0.2) is 94.9 Å². The Balaban J connectivity index is 1.22. The highest BCUT2D eigenvalue weighted by Gasteiger charge is 2.53. The second kappa shape index (κ2) is 10.2. The lowest BCUT2D eigenvalue weighted by molar-refractivity contribution is 0.0187. The third kappa shape index (κ3) is 4.29. The molecular weight excluding hydrogens is 559 g/mol. The van der Waals surface area contributed by atoms with Crippen molar-refractivity contribution >= 4 is 28.0 Å². The van der Waals surface area contributed by atoms with Crippen molar-refractivity contribution in [2.24, 2.45) is 0 Å². The summed E-state index contributed by atoms with van der Waals surface area (Å²) in [7, 11) is 0. The van der Waals surface area contributed by atoms with E-state index in [0.29, 0.717) is 79.7 Å². The van der Waals surface area contributed by atoms with E-state index < -0.39 is 18.4 Å². The van der Waals surface area contributed by atoms with Gasteiger partial charge in [0.15, 0.2) is 11.6 Å². The molecule has 42 heavy (non-hydrogen) atoms. The summed E-state index contributed by atoms with van der Waals surface area (Å²) < 4.78 is 20.7. The van der Waals surface area contributed by atoms with Crippen molar-refractivity contribution in [1.82, 2.24) is 14.9 Å². The molecule has 1 spiro atoms. The molecule has 4 atom stereocenters. The molecule has 4 saturated heterocycles. The quantitative estimate of drug-likeness (QED) is 0.464. The number of aryl methyl sites for hydroxylation is 1. The number of aliphatic hydroxyl groups excluding tert-OH is 2. The lowest BCUT2D eigenvalue weighted by atomic mass is 9.74. The molecule has 222 valence electrons. The summed E-state index contributed by atoms with van der Waals surface area (Å²) in [5.41, 5.74) is 7.52. The first-order valence-electron chi connectivity index (χ1n) is 14.8. The van der Waals surface area contributed by atoms with Crippen LogP contribution in [0.1, 0.15) is 60.1 Å². The van der Waals surface area contributed by atoms with Gasteiger partial charge in [-0.1, -0.05) is 0 Å². The Kier molecular flexibility index (Phi) is 6.70. The Hall–Kier alpha value is -3.23. The summed E-state index contributed by atoms with van der Waals surface area (Å²) in [4.78, 5) is 16.8. The second-order valence-corrected chi connectivity index (χ2v) is 13.7. The molecular formula is C29H35FN8O3S. The molecule has 0 saturated carbocycles. The van der Waals surface area contributed by atoms with E-state index in [2.05, 4.69) is 21.9 Å². The van der Waals surface area contributed by atoms with Gasteiger partial charge in [-0.2, -0.15) is 20.5 Å². The molecule has 2 aromatic rings. The molecule has 1 aliphatic carbocycles. The first-order chi connectivity index (χ1) is 20.3. The van der Waals surface area contributed by atoms with E-state index >= 15 is 0 Å². The predicted molar refractivity (Wildman–Crippen MR) is 154 cm³/mol. The third-order valence-corrected chi connectivity index (χ3v) is 11.2. The van der Waals surface area contributed by atoms with Crippen LogP contribution in [0.15, 0.2) is 0 Å². The van der Waals surface area contributed by atoms with Crippen molar-refractivity contribution in [3.05, 3.63) is 21.6 Å². The van der Waals surface area contributed by atoms with Crippen LogP contribution in [-0.2, 0) is 11.8 Å². The van der Waals surface area contributed by atoms with Gasteiger partial charge in [0.1, 0.15) is 35.5 Å². The van der Waals surface area contributed by atoms with Crippen molar-refractivity contribution < 1.29 is 19.3 Å². The van der Waals surface area contributed by atoms with Crippen LogP contribution in [0.4, 0.5) is 21.0 Å². The zero-order valence-corrected chi connectivity index (χ0v) is 24.2. The van der Waals surface area contributed by atoms with Gasteiger partial charge < -0.3 is 30.5 Å². The van der Waals surface area contributed by atoms with Gasteiger partial charge in [0.05, 0.1) is 23.3 Å². The van der Waals surface area contributed by atoms with E-state index in [1.54, 1.807) is 0 Å². The monoisotopic (exact) mass is 594 g/mol. The number of nitriles is 2. The summed E-state index contributed by atoms with van der Waals surface area (Å²) in [6.45, 7) is 3.55. The van der Waals surface area contributed by atoms with Crippen LogP contribution in [0.25, 0.3) is 0 Å². The number of hydrogen-bond acceptors (Lipinski definition) is 12. The van der Waals surface area contributed by atoms with Crippen molar-refractivity contribution in [3.63, 3.8) is 0 Å². The third-order valence-electron chi connectivity index (χ3n) is 10.1. The van der Waals surface area contributed by atoms with E-state index in [-0.39, 0.29) is 23.6 Å². The van der Waals surface area contributed by atoms with Gasteiger partial charge in [0.2, 0.25) is 0 Å². The Bertz CT molecular complexity index is 1470. The average molecular weight is 595 g/mol. The van der Waals surface area contributed by atoms with Gasteiger partial charge in [-0.05, 0) is 50.6 Å². The number of nitrogen functional groups attached to an aromatic ring is 1. The standard InChI is InChI=1S/C29H35FN8O3S/c30-17-10-29(5-1-7-38(29)13-17)16-41-27-34-25(36-8-3-20(39)21(40)4-9-36)19(12-32)26(35-27)37-14-28(15-37)6-2-22-23(28)18(11-31)24(33)42-22/h17,20-21,39-40H,1-10,13-16,33H2/t17-,20?,21?,29+/m1/s1. The van der Waals surface area contributed by atoms with Crippen molar-refractivity contribution in [2.75, 3.05) is 61.4 Å². The number of alkyl halides is 1. The average Bonchev–Trinajstić information content (AvgIpc) is 3.65. The number of aromatic nitrogens is 2. The normalized spacial score (nSPS) is 30.0. The highest BCUT2D eigenvalue weighted by Crippen LogP contribution is 2.53. The van der Waals surface area contributed by atoms with E-state index in [1.165, 1.54) is 16.2 Å². The van der Waals surface area contributed by atoms with Crippen LogP contribution < -0.4 is 20.3 Å². The van der Waals surface area contributed by atoms with Crippen molar-refractivity contribution in [2.45, 2.75) is 74.3 Å². The summed E-state index contributed by atoms with van der Waals surface area (Å²) in [5, 5.41) is 41.3. The number of aliphatic hydroxyl groups is 2. The van der Waals surface area contributed by atoms with Gasteiger partial charge >= 0.3 is 6.01 Å². The first-order valence-corrected chi connectivity index (χ1v) is 15.6. The van der Waals surface area contributed by atoms with E-state index in [0.717, 1.165) is 37.8 Å². The topological polar surface area (TPSA) is 159 Å². The zero-order chi connectivity index (χ0) is 29.2. The first kappa shape index (κ1) is 27.6. The molecule has 4 fully saturated rings. The largest absolute Gasteiger partial charge is 0.461 e. The number of nitrogens with two attached hydrogens (primary N) is 1.